The van der Waals surface area contributed by atoms with Crippen molar-refractivity contribution < 1.29 is 9.47 Å². The standard InChI is InChI=1S/C44H36N4O2S4/c1-48-30(24-47)26-11-9-13-28(19-26)34-21-32-38(52-34)40-36(44(50-32)16-6-3-7-17-44)42-41(54-40)35-39(53-42)37-31(49-43(35)14-4-2-5-15-43)20-33(51-37)27-12-8-10-25(18-27)29(22-45)23-46/h18-21H,2-17H2/b30-26+. The zero-order chi connectivity index (χ0) is 36.6. The van der Waals surface area contributed by atoms with Crippen LogP contribution in [0.25, 0.3) is 44.9 Å². The van der Waals surface area contributed by atoms with Gasteiger partial charge in [-0.15, -0.1) is 45.3 Å². The fourth-order valence-corrected chi connectivity index (χ4v) is 15.6. The summed E-state index contributed by atoms with van der Waals surface area (Å²) >= 11 is 7.56. The Morgan fingerprint density at radius 3 is 1.54 bits per heavy atom. The fraction of sp³-hybridized carbons (Fsp3) is 0.409. The Balaban J connectivity index is 1.15. The number of nitrogens with zero attached hydrogens (tertiary/aromatic N) is 4. The third-order valence-corrected chi connectivity index (χ3v) is 17.6. The molecule has 2 spiro atoms. The van der Waals surface area contributed by atoms with Crippen molar-refractivity contribution in [2.75, 3.05) is 0 Å². The molecule has 4 aromatic heterocycles. The topological polar surface area (TPSA) is 94.2 Å². The smallest absolute Gasteiger partial charge is 0.265 e. The number of rotatable bonds is 2. The minimum atomic E-state index is -0.355. The lowest BCUT2D eigenvalue weighted by Gasteiger charge is -2.41. The predicted molar refractivity (Wildman–Crippen MR) is 218 cm³/mol. The Kier molecular flexibility index (Phi) is 8.28. The summed E-state index contributed by atoms with van der Waals surface area (Å²) in [5.41, 5.74) is 6.62. The van der Waals surface area contributed by atoms with E-state index in [0.29, 0.717) is 0 Å². The van der Waals surface area contributed by atoms with Gasteiger partial charge >= 0.3 is 0 Å². The number of ether oxygens (including phenoxy) is 2. The first-order valence-electron chi connectivity index (χ1n) is 19.2. The Hall–Kier alpha value is -4.42. The van der Waals surface area contributed by atoms with E-state index < -0.39 is 0 Å². The molecular weight excluding hydrogens is 745 g/mol. The molecule has 6 nitrogen and oxygen atoms in total. The average molecular weight is 781 g/mol. The summed E-state index contributed by atoms with van der Waals surface area (Å²) in [5.74, 6) is 1.99. The van der Waals surface area contributed by atoms with Crippen molar-refractivity contribution in [3.05, 3.63) is 79.0 Å². The Morgan fingerprint density at radius 2 is 1.07 bits per heavy atom. The van der Waals surface area contributed by atoms with Gasteiger partial charge in [-0.1, -0.05) is 25.0 Å². The van der Waals surface area contributed by atoms with Crippen molar-refractivity contribution in [2.24, 2.45) is 0 Å². The summed E-state index contributed by atoms with van der Waals surface area (Å²) < 4.78 is 17.4. The van der Waals surface area contributed by atoms with E-state index in [1.54, 1.807) is 0 Å². The first-order valence-corrected chi connectivity index (χ1v) is 22.5. The molecule has 0 bridgehead atoms. The Labute approximate surface area is 331 Å². The number of hydrogen-bond acceptors (Lipinski definition) is 9. The van der Waals surface area contributed by atoms with Crippen LogP contribution in [0.5, 0.6) is 11.5 Å². The van der Waals surface area contributed by atoms with Crippen LogP contribution in [0.1, 0.15) is 124 Å². The van der Waals surface area contributed by atoms with E-state index in [1.807, 2.05) is 45.3 Å². The number of hydrogen-bond donors (Lipinski definition) is 0. The molecule has 2 saturated carbocycles. The molecule has 0 N–H and O–H groups in total. The molecule has 0 radical (unpaired) electrons. The van der Waals surface area contributed by atoms with Crippen LogP contribution >= 0.6 is 45.3 Å². The molecule has 0 saturated heterocycles. The molecule has 0 unspecified atom stereocenters. The molecule has 4 aromatic rings. The Bertz CT molecular complexity index is 2370. The van der Waals surface area contributed by atoms with Gasteiger partial charge in [-0.2, -0.15) is 10.5 Å². The number of thiophene rings is 4. The van der Waals surface area contributed by atoms with Crippen molar-refractivity contribution in [3.63, 3.8) is 0 Å². The van der Waals surface area contributed by atoms with Gasteiger partial charge < -0.3 is 9.47 Å². The van der Waals surface area contributed by atoms with Crippen molar-refractivity contribution in [3.8, 4) is 49.2 Å². The molecule has 10 heteroatoms. The lowest BCUT2D eigenvalue weighted by atomic mass is 9.76. The van der Waals surface area contributed by atoms with Gasteiger partial charge in [-0.3, -0.25) is 0 Å². The highest BCUT2D eigenvalue weighted by Gasteiger charge is 2.50. The van der Waals surface area contributed by atoms with Crippen molar-refractivity contribution in [2.45, 2.75) is 114 Å². The van der Waals surface area contributed by atoms with Crippen LogP contribution in [0.15, 0.2) is 46.7 Å². The summed E-state index contributed by atoms with van der Waals surface area (Å²) in [6, 6.07) is 10.8. The van der Waals surface area contributed by atoms with Crippen LogP contribution in [-0.2, 0) is 11.2 Å². The third kappa shape index (κ3) is 5.15. The zero-order valence-corrected chi connectivity index (χ0v) is 33.1. The maximum atomic E-state index is 9.61. The highest BCUT2D eigenvalue weighted by Crippen LogP contribution is 2.66. The van der Waals surface area contributed by atoms with Gasteiger partial charge in [0.05, 0.1) is 41.5 Å². The molecule has 0 aromatic carbocycles. The molecule has 0 atom stereocenters. The lowest BCUT2D eigenvalue weighted by Crippen LogP contribution is -2.37. The van der Waals surface area contributed by atoms with E-state index in [1.165, 1.54) is 73.8 Å². The van der Waals surface area contributed by atoms with Crippen LogP contribution < -0.4 is 9.47 Å². The number of nitriles is 3. The SMILES string of the molecule is [C-]#[N+]/C(C#N)=C1/C=C(c2cc3c(s2)-c2sc4c5c(sc4c2C2(CCCCC2)O3)-c2sc(C3=CC(=C(C#N)C#N)CCC3)cc2OC52CCCCC2)CCC1. The quantitative estimate of drug-likeness (QED) is 0.149. The summed E-state index contributed by atoms with van der Waals surface area (Å²) in [6.07, 6.45) is 20.6. The highest BCUT2D eigenvalue weighted by atomic mass is 32.1. The minimum Gasteiger partial charge on any atom is -0.481 e. The van der Waals surface area contributed by atoms with Crippen molar-refractivity contribution in [1.82, 2.24) is 0 Å². The molecule has 54 heavy (non-hydrogen) atoms. The summed E-state index contributed by atoms with van der Waals surface area (Å²) in [7, 11) is 0. The third-order valence-electron chi connectivity index (χ3n) is 12.4. The van der Waals surface area contributed by atoms with Gasteiger partial charge in [-0.05, 0) is 124 Å². The average Bonchev–Trinajstić information content (AvgIpc) is 3.99. The van der Waals surface area contributed by atoms with Crippen LogP contribution in [-0.4, -0.2) is 0 Å². The molecular formula is C44H36N4O2S4. The van der Waals surface area contributed by atoms with Gasteiger partial charge in [0, 0.05) is 20.9 Å². The monoisotopic (exact) mass is 780 g/mol. The molecule has 2 fully saturated rings. The Morgan fingerprint density at radius 1 is 0.593 bits per heavy atom. The second-order valence-corrected chi connectivity index (χ2v) is 19.6. The lowest BCUT2D eigenvalue weighted by molar-refractivity contribution is 0.0257. The van der Waals surface area contributed by atoms with Crippen LogP contribution in [0.2, 0.25) is 0 Å². The van der Waals surface area contributed by atoms with Gasteiger partial charge in [0.15, 0.2) is 0 Å². The molecule has 0 amide bonds. The van der Waals surface area contributed by atoms with Crippen LogP contribution in [0.4, 0.5) is 0 Å². The largest absolute Gasteiger partial charge is 0.481 e. The van der Waals surface area contributed by atoms with Crippen molar-refractivity contribution in [1.29, 1.82) is 15.8 Å². The molecule has 268 valence electrons. The fourth-order valence-electron chi connectivity index (χ4n) is 9.85. The van der Waals surface area contributed by atoms with Crippen LogP contribution in [0.3, 0.4) is 0 Å². The molecule has 6 aliphatic rings. The van der Waals surface area contributed by atoms with Crippen LogP contribution in [0, 0.1) is 40.6 Å². The van der Waals surface area contributed by atoms with Gasteiger partial charge in [0.1, 0.15) is 40.4 Å². The van der Waals surface area contributed by atoms with Crippen molar-refractivity contribution >= 4 is 65.9 Å². The number of fused-ring (bicyclic) bond motifs is 11. The summed E-state index contributed by atoms with van der Waals surface area (Å²) in [4.78, 5) is 11.1. The van der Waals surface area contributed by atoms with Gasteiger partial charge in [-0.25, -0.2) is 10.1 Å². The first kappa shape index (κ1) is 34.1. The zero-order valence-electron chi connectivity index (χ0n) is 29.9. The van der Waals surface area contributed by atoms with E-state index in [-0.39, 0.29) is 22.5 Å². The summed E-state index contributed by atoms with van der Waals surface area (Å²) in [5, 5.41) is 28.8. The maximum absolute atomic E-state index is 9.61. The molecule has 10 rings (SSSR count). The number of allylic oxidation sites excluding steroid dienone is 8. The minimum absolute atomic E-state index is 0.209. The molecule has 4 aliphatic carbocycles. The van der Waals surface area contributed by atoms with E-state index in [9.17, 15) is 15.8 Å². The maximum Gasteiger partial charge on any atom is 0.265 e. The van der Waals surface area contributed by atoms with E-state index in [0.717, 1.165) is 113 Å². The second kappa shape index (κ2) is 13.1. The summed E-state index contributed by atoms with van der Waals surface area (Å²) in [6.45, 7) is 7.53. The first-order chi connectivity index (χ1) is 26.5. The van der Waals surface area contributed by atoms with E-state index >= 15 is 0 Å². The highest BCUT2D eigenvalue weighted by molar-refractivity contribution is 7.34. The molecule has 6 heterocycles. The normalized spacial score (nSPS) is 21.4. The second-order valence-electron chi connectivity index (χ2n) is 15.5. The van der Waals surface area contributed by atoms with Gasteiger partial charge in [0.25, 0.3) is 5.70 Å². The molecule has 2 aliphatic heterocycles. The predicted octanol–water partition coefficient (Wildman–Crippen LogP) is 13.7. The van der Waals surface area contributed by atoms with Gasteiger partial charge in [0.2, 0.25) is 0 Å². The van der Waals surface area contributed by atoms with E-state index in [2.05, 4.69) is 47.3 Å². The van der Waals surface area contributed by atoms with E-state index in [4.69, 9.17) is 16.0 Å².